The SMILES string of the molecule is CNC(=O)c1ccccc1CN1CCC2(CC1)COc1c2ccc2c1CN(C1CCC(=O)NC1=O)C2=O. The number of nitrogens with zero attached hydrogens (tertiary/aromatic N) is 2. The zero-order chi connectivity index (χ0) is 25.7. The van der Waals surface area contributed by atoms with E-state index in [2.05, 4.69) is 15.5 Å². The third kappa shape index (κ3) is 3.89. The Morgan fingerprint density at radius 2 is 1.92 bits per heavy atom. The maximum absolute atomic E-state index is 13.2. The Bertz CT molecular complexity index is 1310. The first-order valence-corrected chi connectivity index (χ1v) is 12.9. The largest absolute Gasteiger partial charge is 0.492 e. The van der Waals surface area contributed by atoms with Gasteiger partial charge in [0, 0.05) is 47.7 Å². The Kier molecular flexibility index (Phi) is 5.75. The van der Waals surface area contributed by atoms with Gasteiger partial charge in [0.05, 0.1) is 13.2 Å². The van der Waals surface area contributed by atoms with Crippen LogP contribution in [-0.4, -0.2) is 66.2 Å². The highest BCUT2D eigenvalue weighted by Gasteiger charge is 2.47. The van der Waals surface area contributed by atoms with E-state index in [4.69, 9.17) is 4.74 Å². The summed E-state index contributed by atoms with van der Waals surface area (Å²) in [6.45, 7) is 3.37. The normalized spacial score (nSPS) is 22.5. The topological polar surface area (TPSA) is 108 Å². The highest BCUT2D eigenvalue weighted by molar-refractivity contribution is 6.05. The number of rotatable bonds is 4. The molecule has 6 rings (SSSR count). The smallest absolute Gasteiger partial charge is 0.255 e. The van der Waals surface area contributed by atoms with Crippen LogP contribution in [0, 0.1) is 0 Å². The number of benzene rings is 2. The van der Waals surface area contributed by atoms with Gasteiger partial charge in [-0.1, -0.05) is 24.3 Å². The minimum atomic E-state index is -0.635. The molecule has 2 aromatic rings. The predicted molar refractivity (Wildman–Crippen MR) is 134 cm³/mol. The summed E-state index contributed by atoms with van der Waals surface area (Å²) in [7, 11) is 1.65. The van der Waals surface area contributed by atoms with Gasteiger partial charge in [-0.25, -0.2) is 0 Å². The third-order valence-corrected chi connectivity index (χ3v) is 8.43. The summed E-state index contributed by atoms with van der Waals surface area (Å²) in [4.78, 5) is 53.4. The number of carbonyl (C=O) groups is 4. The van der Waals surface area contributed by atoms with Gasteiger partial charge in [0.1, 0.15) is 11.8 Å². The van der Waals surface area contributed by atoms with Crippen molar-refractivity contribution < 1.29 is 23.9 Å². The van der Waals surface area contributed by atoms with Gasteiger partial charge in [-0.2, -0.15) is 0 Å². The fourth-order valence-electron chi connectivity index (χ4n) is 6.29. The molecule has 1 atom stereocenters. The van der Waals surface area contributed by atoms with Crippen molar-refractivity contribution in [3.05, 3.63) is 64.2 Å². The van der Waals surface area contributed by atoms with E-state index >= 15 is 0 Å². The van der Waals surface area contributed by atoms with Crippen molar-refractivity contribution in [1.82, 2.24) is 20.4 Å². The van der Waals surface area contributed by atoms with E-state index in [9.17, 15) is 19.2 Å². The van der Waals surface area contributed by atoms with Crippen LogP contribution >= 0.6 is 0 Å². The van der Waals surface area contributed by atoms with Gasteiger partial charge in [0.15, 0.2) is 0 Å². The van der Waals surface area contributed by atoms with E-state index in [0.717, 1.165) is 48.4 Å². The van der Waals surface area contributed by atoms with Crippen LogP contribution in [0.25, 0.3) is 0 Å². The van der Waals surface area contributed by atoms with Crippen LogP contribution in [0.5, 0.6) is 5.75 Å². The highest BCUT2D eigenvalue weighted by atomic mass is 16.5. The van der Waals surface area contributed by atoms with Crippen LogP contribution in [0.3, 0.4) is 0 Å². The highest BCUT2D eigenvalue weighted by Crippen LogP contribution is 2.49. The Balaban J connectivity index is 1.18. The van der Waals surface area contributed by atoms with Crippen LogP contribution in [0.1, 0.15) is 63.1 Å². The molecule has 4 amide bonds. The van der Waals surface area contributed by atoms with Crippen molar-refractivity contribution in [2.45, 2.75) is 50.2 Å². The summed E-state index contributed by atoms with van der Waals surface area (Å²) >= 11 is 0. The molecule has 2 saturated heterocycles. The van der Waals surface area contributed by atoms with Gasteiger partial charge in [-0.15, -0.1) is 0 Å². The van der Waals surface area contributed by atoms with E-state index in [0.29, 0.717) is 37.2 Å². The zero-order valence-corrected chi connectivity index (χ0v) is 20.8. The van der Waals surface area contributed by atoms with Crippen LogP contribution in [0.2, 0.25) is 0 Å². The summed E-state index contributed by atoms with van der Waals surface area (Å²) in [5, 5.41) is 5.08. The molecule has 9 nitrogen and oxygen atoms in total. The molecular formula is C28H30N4O5. The molecule has 0 aliphatic carbocycles. The van der Waals surface area contributed by atoms with E-state index in [-0.39, 0.29) is 29.6 Å². The van der Waals surface area contributed by atoms with Gasteiger partial charge in [-0.3, -0.25) is 29.4 Å². The summed E-state index contributed by atoms with van der Waals surface area (Å²) < 4.78 is 6.28. The number of hydrogen-bond donors (Lipinski definition) is 2. The van der Waals surface area contributed by atoms with Gasteiger partial charge < -0.3 is 15.0 Å². The van der Waals surface area contributed by atoms with Gasteiger partial charge in [0.25, 0.3) is 11.8 Å². The maximum Gasteiger partial charge on any atom is 0.255 e. The first-order valence-electron chi connectivity index (χ1n) is 12.9. The van der Waals surface area contributed by atoms with Crippen molar-refractivity contribution in [2.24, 2.45) is 0 Å². The number of carbonyl (C=O) groups excluding carboxylic acids is 4. The molecule has 2 fully saturated rings. The Hall–Kier alpha value is -3.72. The molecule has 0 aromatic heterocycles. The molecule has 1 spiro atoms. The van der Waals surface area contributed by atoms with E-state index in [1.165, 1.54) is 0 Å². The molecule has 0 bridgehead atoms. The van der Waals surface area contributed by atoms with Crippen LogP contribution in [0.15, 0.2) is 36.4 Å². The molecular weight excluding hydrogens is 472 g/mol. The predicted octanol–water partition coefficient (Wildman–Crippen LogP) is 1.73. The van der Waals surface area contributed by atoms with Crippen molar-refractivity contribution in [2.75, 3.05) is 26.7 Å². The summed E-state index contributed by atoms with van der Waals surface area (Å²) in [6.07, 6.45) is 2.42. The Morgan fingerprint density at radius 3 is 2.68 bits per heavy atom. The molecule has 2 N–H and O–H groups in total. The lowest BCUT2D eigenvalue weighted by Crippen LogP contribution is -2.52. The van der Waals surface area contributed by atoms with Crippen molar-refractivity contribution in [3.8, 4) is 5.75 Å². The number of ether oxygens (including phenoxy) is 1. The molecule has 2 aromatic carbocycles. The van der Waals surface area contributed by atoms with Gasteiger partial charge in [0.2, 0.25) is 11.8 Å². The number of likely N-dealkylation sites (tertiary alicyclic amines) is 1. The second-order valence-electron chi connectivity index (χ2n) is 10.4. The second-order valence-corrected chi connectivity index (χ2v) is 10.4. The fraction of sp³-hybridized carbons (Fsp3) is 0.429. The van der Waals surface area contributed by atoms with E-state index in [1.54, 1.807) is 11.9 Å². The number of imide groups is 1. The Morgan fingerprint density at radius 1 is 1.14 bits per heavy atom. The number of amides is 4. The number of piperidine rings is 2. The number of hydrogen-bond acceptors (Lipinski definition) is 6. The van der Waals surface area contributed by atoms with Crippen molar-refractivity contribution in [3.63, 3.8) is 0 Å². The summed E-state index contributed by atoms with van der Waals surface area (Å²) in [6, 6.07) is 11.0. The lowest BCUT2D eigenvalue weighted by Gasteiger charge is -2.38. The second kappa shape index (κ2) is 8.99. The molecule has 4 aliphatic rings. The first kappa shape index (κ1) is 23.7. The van der Waals surface area contributed by atoms with Crippen LogP contribution < -0.4 is 15.4 Å². The molecule has 4 heterocycles. The summed E-state index contributed by atoms with van der Waals surface area (Å²) in [5.74, 6) is -0.158. The average molecular weight is 503 g/mol. The first-order chi connectivity index (χ1) is 17.9. The zero-order valence-electron chi connectivity index (χ0n) is 20.8. The third-order valence-electron chi connectivity index (χ3n) is 8.43. The van der Waals surface area contributed by atoms with Crippen molar-refractivity contribution in [1.29, 1.82) is 0 Å². The molecule has 37 heavy (non-hydrogen) atoms. The fourth-order valence-corrected chi connectivity index (χ4v) is 6.29. The van der Waals surface area contributed by atoms with Crippen molar-refractivity contribution >= 4 is 23.6 Å². The number of nitrogens with one attached hydrogen (secondary N) is 2. The minimum Gasteiger partial charge on any atom is -0.492 e. The standard InChI is InChI=1S/C28H30N4O5/c1-29-25(34)18-5-3-2-4-17(18)14-31-12-10-28(11-13-31)16-37-24-20-15-32(22-8-9-23(33)30-26(22)35)27(36)19(20)6-7-21(24)28/h2-7,22H,8-16H2,1H3,(H,29,34)(H,30,33,35). The molecule has 4 aliphatic heterocycles. The molecule has 0 radical (unpaired) electrons. The van der Waals surface area contributed by atoms with Crippen LogP contribution in [-0.2, 0) is 28.1 Å². The average Bonchev–Trinajstić information content (AvgIpc) is 3.43. The van der Waals surface area contributed by atoms with Gasteiger partial charge >= 0.3 is 0 Å². The maximum atomic E-state index is 13.2. The quantitative estimate of drug-likeness (QED) is 0.617. The summed E-state index contributed by atoms with van der Waals surface area (Å²) in [5.41, 5.74) is 4.21. The monoisotopic (exact) mass is 502 g/mol. The van der Waals surface area contributed by atoms with Gasteiger partial charge in [-0.05, 0) is 50.0 Å². The Labute approximate surface area is 215 Å². The molecule has 0 saturated carbocycles. The van der Waals surface area contributed by atoms with Crippen LogP contribution in [0.4, 0.5) is 0 Å². The van der Waals surface area contributed by atoms with E-state index < -0.39 is 11.9 Å². The lowest BCUT2D eigenvalue weighted by atomic mass is 9.74. The molecule has 192 valence electrons. The molecule has 9 heteroatoms. The lowest BCUT2D eigenvalue weighted by molar-refractivity contribution is -0.136. The van der Waals surface area contributed by atoms with E-state index in [1.807, 2.05) is 36.4 Å². The minimum absolute atomic E-state index is 0.0723. The molecule has 1 unspecified atom stereocenters. The number of fused-ring (bicyclic) bond motifs is 4.